The van der Waals surface area contributed by atoms with Crippen molar-refractivity contribution in [3.05, 3.63) is 22.4 Å². The van der Waals surface area contributed by atoms with Gasteiger partial charge in [-0.15, -0.1) is 0 Å². The molecule has 1 aromatic rings. The molecule has 1 aliphatic carbocycles. The van der Waals surface area contributed by atoms with Crippen LogP contribution < -0.4 is 10.5 Å². The van der Waals surface area contributed by atoms with Gasteiger partial charge in [0.05, 0.1) is 4.47 Å². The summed E-state index contributed by atoms with van der Waals surface area (Å²) in [7, 11) is -3.88. The molecule has 0 amide bonds. The predicted octanol–water partition coefficient (Wildman–Crippen LogP) is 2.88. The Balaban J connectivity index is 2.14. The maximum absolute atomic E-state index is 13.9. The van der Waals surface area contributed by atoms with Crippen LogP contribution in [0.5, 0.6) is 0 Å². The van der Waals surface area contributed by atoms with Crippen molar-refractivity contribution in [2.45, 2.75) is 31.1 Å². The summed E-state index contributed by atoms with van der Waals surface area (Å²) in [5.41, 5.74) is 5.77. The van der Waals surface area contributed by atoms with E-state index in [1.54, 1.807) is 0 Å². The first-order valence-corrected chi connectivity index (χ1v) is 8.81. The molecular weight excluding hydrogens is 347 g/mol. The second-order valence-corrected chi connectivity index (χ2v) is 8.04. The molecule has 1 fully saturated rings. The minimum absolute atomic E-state index is 0.0485. The SMILES string of the molecule is CC1CCC(CNS(=O)(=O)c2cc(N)cc(Br)c2F)C1. The van der Waals surface area contributed by atoms with Crippen LogP contribution in [0.25, 0.3) is 0 Å². The first-order chi connectivity index (χ1) is 9.29. The van der Waals surface area contributed by atoms with Gasteiger partial charge in [-0.25, -0.2) is 17.5 Å². The van der Waals surface area contributed by atoms with Gasteiger partial charge in [0.15, 0.2) is 5.82 Å². The molecule has 112 valence electrons. The Hall–Kier alpha value is -0.660. The third-order valence-electron chi connectivity index (χ3n) is 3.67. The second-order valence-electron chi connectivity index (χ2n) is 5.45. The number of nitrogens with one attached hydrogen (secondary N) is 1. The van der Waals surface area contributed by atoms with Gasteiger partial charge in [0, 0.05) is 12.2 Å². The normalized spacial score (nSPS) is 23.1. The Bertz CT molecular complexity index is 607. The average Bonchev–Trinajstić information content (AvgIpc) is 2.77. The van der Waals surface area contributed by atoms with Crippen molar-refractivity contribution < 1.29 is 12.8 Å². The van der Waals surface area contributed by atoms with Crippen molar-refractivity contribution in [1.82, 2.24) is 4.72 Å². The zero-order valence-electron chi connectivity index (χ0n) is 11.2. The van der Waals surface area contributed by atoms with Crippen LogP contribution in [0.3, 0.4) is 0 Å². The monoisotopic (exact) mass is 364 g/mol. The molecule has 0 saturated heterocycles. The Morgan fingerprint density at radius 2 is 2.15 bits per heavy atom. The summed E-state index contributed by atoms with van der Waals surface area (Å²) < 4.78 is 40.8. The first kappa shape index (κ1) is 15.7. The van der Waals surface area contributed by atoms with Gasteiger partial charge in [-0.05, 0) is 52.7 Å². The first-order valence-electron chi connectivity index (χ1n) is 6.54. The van der Waals surface area contributed by atoms with Gasteiger partial charge >= 0.3 is 0 Å². The van der Waals surface area contributed by atoms with Crippen molar-refractivity contribution in [3.63, 3.8) is 0 Å². The van der Waals surface area contributed by atoms with E-state index < -0.39 is 20.7 Å². The number of halogens is 2. The van der Waals surface area contributed by atoms with E-state index in [-0.39, 0.29) is 10.2 Å². The molecule has 0 radical (unpaired) electrons. The van der Waals surface area contributed by atoms with E-state index in [9.17, 15) is 12.8 Å². The van der Waals surface area contributed by atoms with Gasteiger partial charge in [-0.1, -0.05) is 13.3 Å². The molecule has 0 heterocycles. The molecule has 7 heteroatoms. The van der Waals surface area contributed by atoms with Gasteiger partial charge in [-0.3, -0.25) is 0 Å². The molecule has 2 rings (SSSR count). The molecule has 1 aromatic carbocycles. The summed E-state index contributed by atoms with van der Waals surface area (Å²) >= 11 is 2.97. The lowest BCUT2D eigenvalue weighted by molar-refractivity contribution is 0.495. The van der Waals surface area contributed by atoms with Crippen LogP contribution in [-0.4, -0.2) is 15.0 Å². The zero-order valence-corrected chi connectivity index (χ0v) is 13.6. The van der Waals surface area contributed by atoms with Crippen LogP contribution in [0, 0.1) is 17.7 Å². The van der Waals surface area contributed by atoms with E-state index >= 15 is 0 Å². The molecule has 1 aliphatic rings. The number of nitrogen functional groups attached to an aromatic ring is 1. The van der Waals surface area contributed by atoms with Gasteiger partial charge in [0.1, 0.15) is 4.90 Å². The molecule has 0 spiro atoms. The largest absolute Gasteiger partial charge is 0.399 e. The average molecular weight is 365 g/mol. The van der Waals surface area contributed by atoms with Crippen molar-refractivity contribution in [3.8, 4) is 0 Å². The number of anilines is 1. The summed E-state index contributed by atoms with van der Waals surface area (Å²) in [6, 6.07) is 2.48. The Morgan fingerprint density at radius 1 is 1.45 bits per heavy atom. The van der Waals surface area contributed by atoms with Crippen LogP contribution in [0.15, 0.2) is 21.5 Å². The lowest BCUT2D eigenvalue weighted by Crippen LogP contribution is -2.29. The molecule has 0 aliphatic heterocycles. The molecule has 20 heavy (non-hydrogen) atoms. The van der Waals surface area contributed by atoms with Gasteiger partial charge in [0.2, 0.25) is 10.0 Å². The Kier molecular flexibility index (Phi) is 4.71. The number of hydrogen-bond acceptors (Lipinski definition) is 3. The highest BCUT2D eigenvalue weighted by Gasteiger charge is 2.26. The minimum atomic E-state index is -3.88. The highest BCUT2D eigenvalue weighted by atomic mass is 79.9. The lowest BCUT2D eigenvalue weighted by Gasteiger charge is -2.13. The van der Waals surface area contributed by atoms with Crippen LogP contribution in [0.1, 0.15) is 26.2 Å². The lowest BCUT2D eigenvalue weighted by atomic mass is 10.1. The van der Waals surface area contributed by atoms with Gasteiger partial charge < -0.3 is 5.73 Å². The molecular formula is C13H18BrFN2O2S. The van der Waals surface area contributed by atoms with Crippen LogP contribution in [-0.2, 0) is 10.0 Å². The summed E-state index contributed by atoms with van der Waals surface area (Å²) in [4.78, 5) is -0.407. The molecule has 1 saturated carbocycles. The van der Waals surface area contributed by atoms with Crippen molar-refractivity contribution in [1.29, 1.82) is 0 Å². The third kappa shape index (κ3) is 3.51. The molecule has 0 aromatic heterocycles. The molecule has 4 nitrogen and oxygen atoms in total. The number of benzene rings is 1. The van der Waals surface area contributed by atoms with Gasteiger partial charge in [-0.2, -0.15) is 0 Å². The third-order valence-corrected chi connectivity index (χ3v) is 5.67. The fraction of sp³-hybridized carbons (Fsp3) is 0.538. The topological polar surface area (TPSA) is 72.2 Å². The summed E-state index contributed by atoms with van der Waals surface area (Å²) in [6.45, 7) is 2.50. The summed E-state index contributed by atoms with van der Waals surface area (Å²) in [5.74, 6) is 0.140. The highest BCUT2D eigenvalue weighted by Crippen LogP contribution is 2.30. The Morgan fingerprint density at radius 3 is 2.75 bits per heavy atom. The number of nitrogens with two attached hydrogens (primary N) is 1. The van der Waals surface area contributed by atoms with Crippen molar-refractivity contribution in [2.75, 3.05) is 12.3 Å². The summed E-state index contributed by atoms with van der Waals surface area (Å²) in [5, 5.41) is 0. The number of hydrogen-bond donors (Lipinski definition) is 2. The Labute approximate surface area is 127 Å². The number of rotatable bonds is 4. The van der Waals surface area contributed by atoms with E-state index in [1.165, 1.54) is 6.07 Å². The minimum Gasteiger partial charge on any atom is -0.399 e. The zero-order chi connectivity index (χ0) is 14.9. The van der Waals surface area contributed by atoms with E-state index in [1.807, 2.05) is 0 Å². The fourth-order valence-electron chi connectivity index (χ4n) is 2.59. The molecule has 2 atom stereocenters. The second kappa shape index (κ2) is 5.99. The van der Waals surface area contributed by atoms with E-state index in [0.717, 1.165) is 25.3 Å². The van der Waals surface area contributed by atoms with Crippen molar-refractivity contribution >= 4 is 31.6 Å². The van der Waals surface area contributed by atoms with Gasteiger partial charge in [0.25, 0.3) is 0 Å². The number of sulfonamides is 1. The fourth-order valence-corrected chi connectivity index (χ4v) is 4.45. The van der Waals surface area contributed by atoms with E-state index in [4.69, 9.17) is 5.73 Å². The molecule has 2 unspecified atom stereocenters. The van der Waals surface area contributed by atoms with Crippen LogP contribution in [0.4, 0.5) is 10.1 Å². The molecule has 0 bridgehead atoms. The molecule has 3 N–H and O–H groups in total. The standard InChI is InChI=1S/C13H18BrFN2O2S/c1-8-2-3-9(4-8)7-17-20(18,19)12-6-10(16)5-11(14)13(12)15/h5-6,8-9,17H,2-4,7,16H2,1H3. The predicted molar refractivity (Wildman–Crippen MR) is 80.2 cm³/mol. The quantitative estimate of drug-likeness (QED) is 0.806. The van der Waals surface area contributed by atoms with Crippen LogP contribution >= 0.6 is 15.9 Å². The maximum Gasteiger partial charge on any atom is 0.243 e. The highest BCUT2D eigenvalue weighted by molar-refractivity contribution is 9.10. The van der Waals surface area contributed by atoms with E-state index in [0.29, 0.717) is 18.4 Å². The smallest absolute Gasteiger partial charge is 0.243 e. The summed E-state index contributed by atoms with van der Waals surface area (Å²) in [6.07, 6.45) is 3.13. The van der Waals surface area contributed by atoms with E-state index in [2.05, 4.69) is 27.6 Å². The van der Waals surface area contributed by atoms with Crippen LogP contribution in [0.2, 0.25) is 0 Å². The van der Waals surface area contributed by atoms with Crippen molar-refractivity contribution in [2.24, 2.45) is 11.8 Å². The maximum atomic E-state index is 13.9.